The lowest BCUT2D eigenvalue weighted by Crippen LogP contribution is -1.72. The van der Waals surface area contributed by atoms with Crippen molar-refractivity contribution >= 4 is 0 Å². The molecule has 1 heteroatoms. The third kappa shape index (κ3) is 5.49. The van der Waals surface area contributed by atoms with Crippen LogP contribution in [0.1, 0.15) is 27.2 Å². The SMILES string of the molecule is CC/C=C/C=C(/C#N)C=C(C)C. The molecule has 0 atom stereocenters. The first-order chi connectivity index (χ1) is 5.70. The van der Waals surface area contributed by atoms with Gasteiger partial charge in [0, 0.05) is 0 Å². The summed E-state index contributed by atoms with van der Waals surface area (Å²) in [5.41, 5.74) is 1.85. The molecule has 0 aliphatic rings. The first-order valence-corrected chi connectivity index (χ1v) is 4.12. The molecule has 12 heavy (non-hydrogen) atoms. The molecule has 0 heterocycles. The van der Waals surface area contributed by atoms with Crippen LogP contribution in [0.15, 0.2) is 35.5 Å². The summed E-state index contributed by atoms with van der Waals surface area (Å²) in [6, 6.07) is 2.13. The molecule has 1 nitrogen and oxygen atoms in total. The Morgan fingerprint density at radius 3 is 2.50 bits per heavy atom. The van der Waals surface area contributed by atoms with Crippen molar-refractivity contribution in [1.29, 1.82) is 5.26 Å². The van der Waals surface area contributed by atoms with Gasteiger partial charge in [0.15, 0.2) is 0 Å². The molecule has 0 aromatic carbocycles. The molecule has 0 aromatic heterocycles. The molecule has 0 fully saturated rings. The number of rotatable bonds is 3. The van der Waals surface area contributed by atoms with Gasteiger partial charge in [-0.15, -0.1) is 0 Å². The van der Waals surface area contributed by atoms with Gasteiger partial charge < -0.3 is 0 Å². The Morgan fingerprint density at radius 1 is 1.42 bits per heavy atom. The number of nitriles is 1. The Bertz CT molecular complexity index is 245. The van der Waals surface area contributed by atoms with Gasteiger partial charge in [-0.1, -0.05) is 24.6 Å². The second-order valence-electron chi connectivity index (χ2n) is 2.79. The summed E-state index contributed by atoms with van der Waals surface area (Å²) >= 11 is 0. The maximum atomic E-state index is 8.68. The van der Waals surface area contributed by atoms with Crippen LogP contribution in [-0.4, -0.2) is 0 Å². The lowest BCUT2D eigenvalue weighted by Gasteiger charge is -1.87. The molecule has 0 aliphatic heterocycles. The van der Waals surface area contributed by atoms with Gasteiger partial charge in [-0.05, 0) is 32.4 Å². The molecule has 0 aliphatic carbocycles. The Balaban J connectivity index is 4.37. The largest absolute Gasteiger partial charge is 0.192 e. The fourth-order valence-electron chi connectivity index (χ4n) is 0.736. The fourth-order valence-corrected chi connectivity index (χ4v) is 0.736. The minimum atomic E-state index is 0.708. The highest BCUT2D eigenvalue weighted by Gasteiger charge is 1.85. The molecule has 0 rings (SSSR count). The highest BCUT2D eigenvalue weighted by molar-refractivity contribution is 5.37. The van der Waals surface area contributed by atoms with E-state index in [2.05, 4.69) is 13.0 Å². The number of allylic oxidation sites excluding steroid dienone is 6. The van der Waals surface area contributed by atoms with E-state index in [1.165, 1.54) is 0 Å². The predicted octanol–water partition coefficient (Wildman–Crippen LogP) is 3.37. The molecule has 0 spiro atoms. The van der Waals surface area contributed by atoms with Gasteiger partial charge in [0.25, 0.3) is 0 Å². The second kappa shape index (κ2) is 6.42. The summed E-state index contributed by atoms with van der Waals surface area (Å²) < 4.78 is 0. The van der Waals surface area contributed by atoms with E-state index >= 15 is 0 Å². The van der Waals surface area contributed by atoms with Gasteiger partial charge in [-0.25, -0.2) is 0 Å². The molecule has 0 radical (unpaired) electrons. The molecule has 0 amide bonds. The lowest BCUT2D eigenvalue weighted by atomic mass is 10.2. The van der Waals surface area contributed by atoms with Crippen molar-refractivity contribution in [2.24, 2.45) is 0 Å². The van der Waals surface area contributed by atoms with Crippen molar-refractivity contribution in [2.45, 2.75) is 27.2 Å². The zero-order valence-electron chi connectivity index (χ0n) is 7.96. The monoisotopic (exact) mass is 161 g/mol. The summed E-state index contributed by atoms with van der Waals surface area (Å²) in [5.74, 6) is 0. The minimum absolute atomic E-state index is 0.708. The van der Waals surface area contributed by atoms with E-state index in [9.17, 15) is 0 Å². The average molecular weight is 161 g/mol. The van der Waals surface area contributed by atoms with Crippen LogP contribution >= 0.6 is 0 Å². The summed E-state index contributed by atoms with van der Waals surface area (Å²) in [6.07, 6.45) is 8.65. The van der Waals surface area contributed by atoms with Gasteiger partial charge >= 0.3 is 0 Å². The molecule has 0 N–H and O–H groups in total. The van der Waals surface area contributed by atoms with Gasteiger partial charge in [0.1, 0.15) is 0 Å². The van der Waals surface area contributed by atoms with Crippen LogP contribution in [-0.2, 0) is 0 Å². The molecule has 0 bridgehead atoms. The Morgan fingerprint density at radius 2 is 2.08 bits per heavy atom. The third-order valence-electron chi connectivity index (χ3n) is 1.22. The normalized spacial score (nSPS) is 11.3. The van der Waals surface area contributed by atoms with Gasteiger partial charge in [-0.3, -0.25) is 0 Å². The first kappa shape index (κ1) is 10.7. The van der Waals surface area contributed by atoms with E-state index in [0.29, 0.717) is 5.57 Å². The zero-order chi connectivity index (χ0) is 9.40. The lowest BCUT2D eigenvalue weighted by molar-refractivity contribution is 1.22. The van der Waals surface area contributed by atoms with Crippen molar-refractivity contribution < 1.29 is 0 Å². The van der Waals surface area contributed by atoms with Crippen molar-refractivity contribution in [3.8, 4) is 6.07 Å². The minimum Gasteiger partial charge on any atom is -0.192 e. The van der Waals surface area contributed by atoms with Crippen LogP contribution in [0.3, 0.4) is 0 Å². The van der Waals surface area contributed by atoms with Crippen LogP contribution in [0, 0.1) is 11.3 Å². The first-order valence-electron chi connectivity index (χ1n) is 4.12. The van der Waals surface area contributed by atoms with E-state index in [-0.39, 0.29) is 0 Å². The standard InChI is InChI=1S/C11H15N/c1-4-5-6-7-11(9-12)8-10(2)3/h5-8H,4H2,1-3H3/b6-5+,11-7+. The highest BCUT2D eigenvalue weighted by atomic mass is 14.2. The van der Waals surface area contributed by atoms with Crippen LogP contribution < -0.4 is 0 Å². The molecular formula is C11H15N. The van der Waals surface area contributed by atoms with Crippen LogP contribution in [0.25, 0.3) is 0 Å². The van der Waals surface area contributed by atoms with Crippen molar-refractivity contribution in [2.75, 3.05) is 0 Å². The van der Waals surface area contributed by atoms with Gasteiger partial charge in [-0.2, -0.15) is 5.26 Å². The Hall–Kier alpha value is -1.29. The van der Waals surface area contributed by atoms with Crippen molar-refractivity contribution in [1.82, 2.24) is 0 Å². The molecular weight excluding hydrogens is 146 g/mol. The summed E-state index contributed by atoms with van der Waals surface area (Å²) in [5, 5.41) is 8.68. The van der Waals surface area contributed by atoms with E-state index in [4.69, 9.17) is 5.26 Å². The maximum Gasteiger partial charge on any atom is 0.0991 e. The quantitative estimate of drug-likeness (QED) is 0.460. The Labute approximate surface area is 74.7 Å². The van der Waals surface area contributed by atoms with E-state index < -0.39 is 0 Å². The van der Waals surface area contributed by atoms with Gasteiger partial charge in [0.05, 0.1) is 11.6 Å². The van der Waals surface area contributed by atoms with Crippen molar-refractivity contribution in [3.05, 3.63) is 35.5 Å². The summed E-state index contributed by atoms with van der Waals surface area (Å²) in [7, 11) is 0. The number of hydrogen-bond acceptors (Lipinski definition) is 1. The van der Waals surface area contributed by atoms with Gasteiger partial charge in [0.2, 0.25) is 0 Å². The van der Waals surface area contributed by atoms with E-state index in [1.807, 2.05) is 38.2 Å². The topological polar surface area (TPSA) is 23.8 Å². The number of nitrogens with zero attached hydrogens (tertiary/aromatic N) is 1. The smallest absolute Gasteiger partial charge is 0.0991 e. The highest BCUT2D eigenvalue weighted by Crippen LogP contribution is 2.00. The van der Waals surface area contributed by atoms with Crippen LogP contribution in [0.5, 0.6) is 0 Å². The van der Waals surface area contributed by atoms with E-state index in [0.717, 1.165) is 12.0 Å². The van der Waals surface area contributed by atoms with Crippen molar-refractivity contribution in [3.63, 3.8) is 0 Å². The summed E-state index contributed by atoms with van der Waals surface area (Å²) in [4.78, 5) is 0. The molecule has 64 valence electrons. The second-order valence-corrected chi connectivity index (χ2v) is 2.79. The molecule has 0 unspecified atom stereocenters. The predicted molar refractivity (Wildman–Crippen MR) is 52.6 cm³/mol. The van der Waals surface area contributed by atoms with E-state index in [1.54, 1.807) is 0 Å². The maximum absolute atomic E-state index is 8.68. The average Bonchev–Trinajstić information content (AvgIpc) is 2.02. The summed E-state index contributed by atoms with van der Waals surface area (Å²) in [6.45, 7) is 6.03. The third-order valence-corrected chi connectivity index (χ3v) is 1.22. The van der Waals surface area contributed by atoms with Crippen LogP contribution in [0.2, 0.25) is 0 Å². The number of hydrogen-bond donors (Lipinski definition) is 0. The molecule has 0 aromatic rings. The zero-order valence-corrected chi connectivity index (χ0v) is 7.96. The fraction of sp³-hybridized carbons (Fsp3) is 0.364. The molecule has 0 saturated carbocycles. The Kier molecular flexibility index (Phi) is 5.73. The van der Waals surface area contributed by atoms with Crippen LogP contribution in [0.4, 0.5) is 0 Å². The molecule has 0 saturated heterocycles.